The van der Waals surface area contributed by atoms with Crippen molar-refractivity contribution in [3.8, 4) is 0 Å². The maximum atomic E-state index is 13.0. The molecule has 0 spiro atoms. The number of hydrogen-bond acceptors (Lipinski definition) is 3. The normalized spacial score (nSPS) is 14.9. The number of hydrogen-bond donors (Lipinski definition) is 2. The van der Waals surface area contributed by atoms with E-state index >= 15 is 0 Å². The number of rotatable bonds is 6. The number of guanidine groups is 1. The SMILES string of the molecule is CCNC(=NCc1ccc(N2CCSCC2)cc1)NCc1ccc(F)cc1. The molecule has 2 N–H and O–H groups in total. The van der Waals surface area contributed by atoms with Crippen LogP contribution in [0, 0.1) is 5.82 Å². The number of nitrogens with zero attached hydrogens (tertiary/aromatic N) is 2. The van der Waals surface area contributed by atoms with Gasteiger partial charge in [-0.1, -0.05) is 24.3 Å². The smallest absolute Gasteiger partial charge is 0.191 e. The van der Waals surface area contributed by atoms with E-state index in [0.29, 0.717) is 13.1 Å². The van der Waals surface area contributed by atoms with Crippen molar-refractivity contribution in [3.05, 3.63) is 65.5 Å². The van der Waals surface area contributed by atoms with Crippen LogP contribution in [0.3, 0.4) is 0 Å². The minimum atomic E-state index is -0.217. The molecule has 1 fully saturated rings. The lowest BCUT2D eigenvalue weighted by Crippen LogP contribution is -2.36. The van der Waals surface area contributed by atoms with Crippen LogP contribution in [0.4, 0.5) is 10.1 Å². The van der Waals surface area contributed by atoms with Crippen LogP contribution < -0.4 is 15.5 Å². The topological polar surface area (TPSA) is 39.7 Å². The number of halogens is 1. The van der Waals surface area contributed by atoms with Gasteiger partial charge in [-0.2, -0.15) is 11.8 Å². The minimum Gasteiger partial charge on any atom is -0.370 e. The Hall–Kier alpha value is -2.21. The molecule has 0 amide bonds. The molecule has 1 aliphatic heterocycles. The summed E-state index contributed by atoms with van der Waals surface area (Å²) < 4.78 is 13.0. The van der Waals surface area contributed by atoms with Gasteiger partial charge in [0.15, 0.2) is 5.96 Å². The van der Waals surface area contributed by atoms with E-state index in [1.165, 1.54) is 34.9 Å². The molecule has 0 unspecified atom stereocenters. The van der Waals surface area contributed by atoms with E-state index in [9.17, 15) is 4.39 Å². The number of thioether (sulfide) groups is 1. The van der Waals surface area contributed by atoms with Gasteiger partial charge in [-0.25, -0.2) is 9.38 Å². The van der Waals surface area contributed by atoms with Gasteiger partial charge >= 0.3 is 0 Å². The van der Waals surface area contributed by atoms with Crippen molar-refractivity contribution in [3.63, 3.8) is 0 Å². The van der Waals surface area contributed by atoms with Crippen molar-refractivity contribution >= 4 is 23.4 Å². The third-order valence-corrected chi connectivity index (χ3v) is 5.39. The Morgan fingerprint density at radius 1 is 1.00 bits per heavy atom. The highest BCUT2D eigenvalue weighted by Crippen LogP contribution is 2.20. The van der Waals surface area contributed by atoms with Gasteiger partial charge in [-0.15, -0.1) is 0 Å². The summed E-state index contributed by atoms with van der Waals surface area (Å²) in [7, 11) is 0. The van der Waals surface area contributed by atoms with Crippen LogP contribution >= 0.6 is 11.8 Å². The molecule has 1 saturated heterocycles. The maximum absolute atomic E-state index is 13.0. The highest BCUT2D eigenvalue weighted by Gasteiger charge is 2.10. The van der Waals surface area contributed by atoms with Gasteiger partial charge in [0.25, 0.3) is 0 Å². The molecule has 2 aromatic rings. The molecule has 0 saturated carbocycles. The Bertz CT molecular complexity index is 725. The van der Waals surface area contributed by atoms with Gasteiger partial charge in [0.05, 0.1) is 6.54 Å². The van der Waals surface area contributed by atoms with E-state index in [1.807, 2.05) is 18.7 Å². The highest BCUT2D eigenvalue weighted by atomic mass is 32.2. The Morgan fingerprint density at radius 2 is 1.67 bits per heavy atom. The Balaban J connectivity index is 1.56. The lowest BCUT2D eigenvalue weighted by atomic mass is 10.2. The second kappa shape index (κ2) is 10.2. The molecule has 0 aliphatic carbocycles. The van der Waals surface area contributed by atoms with Crippen LogP contribution in [0.2, 0.25) is 0 Å². The molecule has 4 nitrogen and oxygen atoms in total. The molecule has 27 heavy (non-hydrogen) atoms. The Kier molecular flexibility index (Phi) is 7.39. The monoisotopic (exact) mass is 386 g/mol. The van der Waals surface area contributed by atoms with Crippen LogP contribution in [0.15, 0.2) is 53.5 Å². The van der Waals surface area contributed by atoms with Crippen molar-refractivity contribution in [1.29, 1.82) is 0 Å². The zero-order chi connectivity index (χ0) is 18.9. The molecule has 0 atom stereocenters. The van der Waals surface area contributed by atoms with Gasteiger partial charge in [-0.05, 0) is 42.3 Å². The third kappa shape index (κ3) is 6.17. The first-order valence-corrected chi connectivity index (χ1v) is 10.6. The summed E-state index contributed by atoms with van der Waals surface area (Å²) in [5, 5.41) is 6.55. The van der Waals surface area contributed by atoms with Crippen LogP contribution in [0.1, 0.15) is 18.1 Å². The Labute approximate surface area is 165 Å². The summed E-state index contributed by atoms with van der Waals surface area (Å²) >= 11 is 2.02. The van der Waals surface area contributed by atoms with Gasteiger partial charge in [-0.3, -0.25) is 0 Å². The van der Waals surface area contributed by atoms with Gasteiger partial charge in [0.1, 0.15) is 5.82 Å². The predicted molar refractivity (Wildman–Crippen MR) is 114 cm³/mol. The third-order valence-electron chi connectivity index (χ3n) is 4.45. The van der Waals surface area contributed by atoms with Crippen molar-refractivity contribution in [2.45, 2.75) is 20.0 Å². The first-order chi connectivity index (χ1) is 13.2. The molecule has 1 heterocycles. The molecular weight excluding hydrogens is 359 g/mol. The standard InChI is InChI=1S/C21H27FN4S/c1-2-23-21(24-15-17-3-7-19(22)8-4-17)25-16-18-5-9-20(10-6-18)26-11-13-27-14-12-26/h3-10H,2,11-16H2,1H3,(H2,23,24,25). The fraction of sp³-hybridized carbons (Fsp3) is 0.381. The van der Waals surface area contributed by atoms with Crippen molar-refractivity contribution in [2.24, 2.45) is 4.99 Å². The fourth-order valence-electron chi connectivity index (χ4n) is 2.93. The van der Waals surface area contributed by atoms with Crippen molar-refractivity contribution in [2.75, 3.05) is 36.0 Å². The van der Waals surface area contributed by atoms with Gasteiger partial charge in [0, 0.05) is 43.4 Å². The van der Waals surface area contributed by atoms with Crippen LogP contribution in [0.5, 0.6) is 0 Å². The second-order valence-corrected chi connectivity index (χ2v) is 7.67. The van der Waals surface area contributed by atoms with E-state index in [0.717, 1.165) is 31.2 Å². The largest absolute Gasteiger partial charge is 0.370 e. The van der Waals surface area contributed by atoms with Gasteiger partial charge in [0.2, 0.25) is 0 Å². The number of benzene rings is 2. The van der Waals surface area contributed by atoms with E-state index in [2.05, 4.69) is 44.8 Å². The zero-order valence-electron chi connectivity index (χ0n) is 15.7. The molecule has 6 heteroatoms. The van der Waals surface area contributed by atoms with Crippen molar-refractivity contribution in [1.82, 2.24) is 10.6 Å². The van der Waals surface area contributed by atoms with Crippen LogP contribution in [-0.2, 0) is 13.1 Å². The molecule has 144 valence electrons. The maximum Gasteiger partial charge on any atom is 0.191 e. The van der Waals surface area contributed by atoms with E-state index < -0.39 is 0 Å². The summed E-state index contributed by atoms with van der Waals surface area (Å²) in [4.78, 5) is 7.10. The molecule has 2 aromatic carbocycles. The summed E-state index contributed by atoms with van der Waals surface area (Å²) in [6.45, 7) is 6.31. The molecule has 3 rings (SSSR count). The number of anilines is 1. The first kappa shape index (κ1) is 19.5. The minimum absolute atomic E-state index is 0.217. The zero-order valence-corrected chi connectivity index (χ0v) is 16.6. The highest BCUT2D eigenvalue weighted by molar-refractivity contribution is 7.99. The average Bonchev–Trinajstić information content (AvgIpc) is 2.72. The van der Waals surface area contributed by atoms with Gasteiger partial charge < -0.3 is 15.5 Å². The van der Waals surface area contributed by atoms with Crippen LogP contribution in [-0.4, -0.2) is 37.1 Å². The summed E-state index contributed by atoms with van der Waals surface area (Å²) in [6.07, 6.45) is 0. The van der Waals surface area contributed by atoms with Crippen molar-refractivity contribution < 1.29 is 4.39 Å². The molecular formula is C21H27FN4S. The quantitative estimate of drug-likeness (QED) is 0.587. The molecule has 1 aliphatic rings. The molecule has 0 radical (unpaired) electrons. The fourth-order valence-corrected chi connectivity index (χ4v) is 3.84. The summed E-state index contributed by atoms with van der Waals surface area (Å²) in [5.74, 6) is 2.96. The Morgan fingerprint density at radius 3 is 2.33 bits per heavy atom. The molecule has 0 aromatic heterocycles. The lowest BCUT2D eigenvalue weighted by Gasteiger charge is -2.28. The average molecular weight is 387 g/mol. The van der Waals surface area contributed by atoms with E-state index in [4.69, 9.17) is 0 Å². The number of aliphatic imine (C=N–C) groups is 1. The second-order valence-electron chi connectivity index (χ2n) is 6.44. The number of nitrogens with one attached hydrogen (secondary N) is 2. The van der Waals surface area contributed by atoms with E-state index in [-0.39, 0.29) is 5.82 Å². The first-order valence-electron chi connectivity index (χ1n) is 9.43. The molecule has 0 bridgehead atoms. The summed E-state index contributed by atoms with van der Waals surface area (Å²) in [6, 6.07) is 15.2. The predicted octanol–water partition coefficient (Wildman–Crippen LogP) is 3.63. The summed E-state index contributed by atoms with van der Waals surface area (Å²) in [5.41, 5.74) is 3.50. The van der Waals surface area contributed by atoms with E-state index in [1.54, 1.807) is 12.1 Å². The lowest BCUT2D eigenvalue weighted by molar-refractivity contribution is 0.626. The van der Waals surface area contributed by atoms with Crippen LogP contribution in [0.25, 0.3) is 0 Å².